The van der Waals surface area contributed by atoms with Crippen LogP contribution in [0.2, 0.25) is 0 Å². The van der Waals surface area contributed by atoms with Crippen LogP contribution in [0, 0.1) is 0 Å². The fraction of sp³-hybridized carbons (Fsp3) is 0.600. The zero-order valence-electron chi connectivity index (χ0n) is 12.6. The Kier molecular flexibility index (Phi) is 6.67. The molecule has 19 heavy (non-hydrogen) atoms. The zero-order chi connectivity index (χ0) is 14.3. The minimum Gasteiger partial charge on any atom is -0.497 e. The van der Waals surface area contributed by atoms with Crippen LogP contribution in [0.3, 0.4) is 0 Å². The topological polar surface area (TPSA) is 42.5 Å². The molecule has 2 N–H and O–H groups in total. The number of hydrogen-bond acceptors (Lipinski definition) is 4. The second-order valence-corrected chi connectivity index (χ2v) is 4.93. The molecule has 1 atom stereocenters. The largest absolute Gasteiger partial charge is 0.497 e. The van der Waals surface area contributed by atoms with E-state index >= 15 is 0 Å². The molecule has 0 aliphatic carbocycles. The Labute approximate surface area is 116 Å². The molecule has 0 aliphatic heterocycles. The van der Waals surface area contributed by atoms with Gasteiger partial charge >= 0.3 is 0 Å². The summed E-state index contributed by atoms with van der Waals surface area (Å²) in [6, 6.07) is 6.75. The highest BCUT2D eigenvalue weighted by Gasteiger charge is 2.08. The quantitative estimate of drug-likeness (QED) is 0.709. The number of methoxy groups -OCH3 is 2. The summed E-state index contributed by atoms with van der Waals surface area (Å²) in [6.07, 6.45) is 0. The van der Waals surface area contributed by atoms with Gasteiger partial charge in [0.05, 0.1) is 14.2 Å². The average Bonchev–Trinajstić information content (AvgIpc) is 2.42. The van der Waals surface area contributed by atoms with Crippen LogP contribution in [0.4, 0.5) is 0 Å². The van der Waals surface area contributed by atoms with E-state index in [1.54, 1.807) is 14.2 Å². The number of ether oxygens (including phenoxy) is 2. The Balaban J connectivity index is 2.57. The summed E-state index contributed by atoms with van der Waals surface area (Å²) in [5.74, 6) is 1.65. The summed E-state index contributed by atoms with van der Waals surface area (Å²) in [4.78, 5) is 0. The zero-order valence-corrected chi connectivity index (χ0v) is 12.6. The summed E-state index contributed by atoms with van der Waals surface area (Å²) >= 11 is 0. The van der Waals surface area contributed by atoms with E-state index in [0.717, 1.165) is 24.6 Å². The van der Waals surface area contributed by atoms with Crippen molar-refractivity contribution in [1.29, 1.82) is 0 Å². The molecular formula is C15H26N2O2. The second-order valence-electron chi connectivity index (χ2n) is 4.93. The lowest BCUT2D eigenvalue weighted by Crippen LogP contribution is -2.32. The Morgan fingerprint density at radius 1 is 0.895 bits per heavy atom. The van der Waals surface area contributed by atoms with Crippen molar-refractivity contribution in [3.05, 3.63) is 23.8 Å². The molecular weight excluding hydrogens is 240 g/mol. The maximum atomic E-state index is 5.28. The molecule has 4 heteroatoms. The van der Waals surface area contributed by atoms with Gasteiger partial charge in [0.25, 0.3) is 0 Å². The van der Waals surface area contributed by atoms with Crippen LogP contribution in [0.1, 0.15) is 32.4 Å². The molecule has 0 spiro atoms. The normalized spacial score (nSPS) is 12.5. The van der Waals surface area contributed by atoms with Crippen LogP contribution in [-0.4, -0.2) is 33.4 Å². The molecule has 1 unspecified atom stereocenters. The molecule has 108 valence electrons. The lowest BCUT2D eigenvalue weighted by Gasteiger charge is -2.17. The van der Waals surface area contributed by atoms with Crippen molar-refractivity contribution >= 4 is 0 Å². The van der Waals surface area contributed by atoms with Gasteiger partial charge in [0.15, 0.2) is 0 Å². The summed E-state index contributed by atoms with van der Waals surface area (Å²) in [5, 5.41) is 6.87. The molecule has 0 amide bonds. The van der Waals surface area contributed by atoms with Gasteiger partial charge in [0.1, 0.15) is 11.5 Å². The third-order valence-corrected chi connectivity index (χ3v) is 3.00. The smallest absolute Gasteiger partial charge is 0.122 e. The Morgan fingerprint density at radius 3 is 1.89 bits per heavy atom. The predicted molar refractivity (Wildman–Crippen MR) is 79.1 cm³/mol. The Bertz CT molecular complexity index is 358. The highest BCUT2D eigenvalue weighted by Crippen LogP contribution is 2.26. The van der Waals surface area contributed by atoms with Gasteiger partial charge in [-0.3, -0.25) is 0 Å². The van der Waals surface area contributed by atoms with Crippen molar-refractivity contribution in [3.63, 3.8) is 0 Å². The third-order valence-electron chi connectivity index (χ3n) is 3.00. The van der Waals surface area contributed by atoms with Crippen molar-refractivity contribution < 1.29 is 9.47 Å². The van der Waals surface area contributed by atoms with Crippen molar-refractivity contribution in [2.75, 3.05) is 27.3 Å². The molecule has 0 fully saturated rings. The van der Waals surface area contributed by atoms with E-state index in [9.17, 15) is 0 Å². The van der Waals surface area contributed by atoms with Gasteiger partial charge in [-0.15, -0.1) is 0 Å². The van der Waals surface area contributed by atoms with Crippen LogP contribution in [0.5, 0.6) is 11.5 Å². The number of benzene rings is 1. The van der Waals surface area contributed by atoms with Crippen LogP contribution >= 0.6 is 0 Å². The molecule has 0 bridgehead atoms. The fourth-order valence-electron chi connectivity index (χ4n) is 1.85. The molecule has 0 aliphatic rings. The maximum Gasteiger partial charge on any atom is 0.122 e. The Hall–Kier alpha value is -1.26. The van der Waals surface area contributed by atoms with Crippen LogP contribution in [0.15, 0.2) is 18.2 Å². The molecule has 4 nitrogen and oxygen atoms in total. The van der Waals surface area contributed by atoms with Crippen LogP contribution < -0.4 is 20.1 Å². The van der Waals surface area contributed by atoms with Gasteiger partial charge in [-0.1, -0.05) is 13.8 Å². The molecule has 0 saturated carbocycles. The number of nitrogens with one attached hydrogen (secondary N) is 2. The first kappa shape index (κ1) is 15.8. The van der Waals surface area contributed by atoms with E-state index in [1.807, 2.05) is 18.2 Å². The van der Waals surface area contributed by atoms with E-state index in [0.29, 0.717) is 6.04 Å². The summed E-state index contributed by atoms with van der Waals surface area (Å²) in [7, 11) is 3.34. The van der Waals surface area contributed by atoms with E-state index in [2.05, 4.69) is 31.4 Å². The SMILES string of the molecule is COc1cc(OC)cc(C(C)NCCNC(C)C)c1. The standard InChI is InChI=1S/C15H26N2O2/c1-11(2)16-6-7-17-12(3)13-8-14(18-4)10-15(9-13)19-5/h8-12,16-17H,6-7H2,1-5H3. The highest BCUT2D eigenvalue weighted by atomic mass is 16.5. The number of rotatable bonds is 8. The van der Waals surface area contributed by atoms with Gasteiger partial charge in [-0.25, -0.2) is 0 Å². The van der Waals surface area contributed by atoms with E-state index < -0.39 is 0 Å². The van der Waals surface area contributed by atoms with Gasteiger partial charge in [0.2, 0.25) is 0 Å². The molecule has 1 aromatic carbocycles. The predicted octanol–water partition coefficient (Wildman–Crippen LogP) is 2.35. The first-order chi connectivity index (χ1) is 9.06. The monoisotopic (exact) mass is 266 g/mol. The van der Waals surface area contributed by atoms with Crippen molar-refractivity contribution in [2.24, 2.45) is 0 Å². The maximum absolute atomic E-state index is 5.28. The minimum absolute atomic E-state index is 0.262. The summed E-state index contributed by atoms with van der Waals surface area (Å²) < 4.78 is 10.6. The fourth-order valence-corrected chi connectivity index (χ4v) is 1.85. The van der Waals surface area contributed by atoms with Gasteiger partial charge in [-0.05, 0) is 24.6 Å². The first-order valence-electron chi connectivity index (χ1n) is 6.76. The van der Waals surface area contributed by atoms with Gasteiger partial charge < -0.3 is 20.1 Å². The lowest BCUT2D eigenvalue weighted by molar-refractivity contribution is 0.392. The summed E-state index contributed by atoms with van der Waals surface area (Å²) in [6.45, 7) is 8.33. The Morgan fingerprint density at radius 2 is 1.42 bits per heavy atom. The van der Waals surface area contributed by atoms with E-state index in [1.165, 1.54) is 5.56 Å². The molecule has 1 aromatic rings. The van der Waals surface area contributed by atoms with Crippen LogP contribution in [0.25, 0.3) is 0 Å². The van der Waals surface area contributed by atoms with Crippen molar-refractivity contribution in [2.45, 2.75) is 32.9 Å². The molecule has 1 rings (SSSR count). The first-order valence-corrected chi connectivity index (χ1v) is 6.76. The minimum atomic E-state index is 0.262. The van der Waals surface area contributed by atoms with Gasteiger partial charge in [-0.2, -0.15) is 0 Å². The second kappa shape index (κ2) is 8.02. The van der Waals surface area contributed by atoms with E-state index in [4.69, 9.17) is 9.47 Å². The van der Waals surface area contributed by atoms with Gasteiger partial charge in [0, 0.05) is 31.2 Å². The summed E-state index contributed by atoms with van der Waals surface area (Å²) in [5.41, 5.74) is 1.17. The van der Waals surface area contributed by atoms with Crippen LogP contribution in [-0.2, 0) is 0 Å². The molecule has 0 saturated heterocycles. The molecule has 0 aromatic heterocycles. The molecule has 0 heterocycles. The highest BCUT2D eigenvalue weighted by molar-refractivity contribution is 5.39. The third kappa shape index (κ3) is 5.49. The average molecular weight is 266 g/mol. The molecule has 0 radical (unpaired) electrons. The van der Waals surface area contributed by atoms with Crippen molar-refractivity contribution in [3.8, 4) is 11.5 Å². The number of hydrogen-bond donors (Lipinski definition) is 2. The van der Waals surface area contributed by atoms with E-state index in [-0.39, 0.29) is 6.04 Å². The lowest BCUT2D eigenvalue weighted by atomic mass is 10.1. The van der Waals surface area contributed by atoms with Crippen molar-refractivity contribution in [1.82, 2.24) is 10.6 Å².